The summed E-state index contributed by atoms with van der Waals surface area (Å²) in [5, 5.41) is 7.55. The third-order valence-corrected chi connectivity index (χ3v) is 4.39. The zero-order valence-corrected chi connectivity index (χ0v) is 16.4. The summed E-state index contributed by atoms with van der Waals surface area (Å²) in [5.74, 6) is 0.771. The molecular weight excluding hydrogens is 389 g/mol. The van der Waals surface area contributed by atoms with E-state index in [9.17, 15) is 4.79 Å². The molecule has 10 heteroatoms. The molecule has 0 aromatic carbocycles. The van der Waals surface area contributed by atoms with Crippen LogP contribution >= 0.6 is 24.8 Å². The molecule has 27 heavy (non-hydrogen) atoms. The second-order valence-corrected chi connectivity index (χ2v) is 5.96. The number of piperazine rings is 1. The maximum absolute atomic E-state index is 13.1. The largest absolute Gasteiger partial charge is 0.336 e. The van der Waals surface area contributed by atoms with Crippen molar-refractivity contribution in [2.45, 2.75) is 6.04 Å². The first-order valence-electron chi connectivity index (χ1n) is 8.19. The molecular formula is C17H21Cl2N7O. The van der Waals surface area contributed by atoms with Crippen molar-refractivity contribution in [3.05, 3.63) is 60.7 Å². The molecule has 1 atom stereocenters. The summed E-state index contributed by atoms with van der Waals surface area (Å²) in [6.45, 7) is 2.05. The van der Waals surface area contributed by atoms with Crippen molar-refractivity contribution < 1.29 is 4.79 Å². The zero-order chi connectivity index (χ0) is 17.2. The molecule has 1 unspecified atom stereocenters. The topological polar surface area (TPSA) is 80.9 Å². The Labute approximate surface area is 169 Å². The van der Waals surface area contributed by atoms with E-state index in [-0.39, 0.29) is 36.8 Å². The Morgan fingerprint density at radius 1 is 1.19 bits per heavy atom. The van der Waals surface area contributed by atoms with Crippen molar-refractivity contribution in [3.63, 3.8) is 0 Å². The van der Waals surface area contributed by atoms with E-state index in [2.05, 4.69) is 20.4 Å². The van der Waals surface area contributed by atoms with E-state index in [0.717, 1.165) is 18.1 Å². The van der Waals surface area contributed by atoms with Crippen LogP contribution in [0.4, 0.5) is 0 Å². The highest BCUT2D eigenvalue weighted by atomic mass is 35.5. The number of imidazole rings is 1. The van der Waals surface area contributed by atoms with E-state index in [0.29, 0.717) is 18.8 Å². The van der Waals surface area contributed by atoms with Gasteiger partial charge in [-0.25, -0.2) is 9.67 Å². The van der Waals surface area contributed by atoms with E-state index in [1.165, 1.54) is 0 Å². The van der Waals surface area contributed by atoms with E-state index in [4.69, 9.17) is 0 Å². The molecule has 0 spiro atoms. The molecule has 1 N–H and O–H groups in total. The Kier molecular flexibility index (Phi) is 6.95. The van der Waals surface area contributed by atoms with Crippen molar-refractivity contribution in [3.8, 4) is 5.69 Å². The van der Waals surface area contributed by atoms with Crippen molar-refractivity contribution in [1.29, 1.82) is 0 Å². The van der Waals surface area contributed by atoms with Crippen LogP contribution in [0.25, 0.3) is 5.69 Å². The van der Waals surface area contributed by atoms with Gasteiger partial charge in [-0.1, -0.05) is 0 Å². The maximum Gasteiger partial charge on any atom is 0.273 e. The normalized spacial score (nSPS) is 16.3. The maximum atomic E-state index is 13.1. The molecule has 3 aromatic heterocycles. The van der Waals surface area contributed by atoms with Gasteiger partial charge in [0.25, 0.3) is 5.91 Å². The van der Waals surface area contributed by atoms with Crippen LogP contribution in [0.5, 0.6) is 0 Å². The predicted molar refractivity (Wildman–Crippen MR) is 106 cm³/mol. The molecule has 1 aliphatic heterocycles. The Bertz CT molecular complexity index is 881. The number of carbonyl (C=O) groups excluding carboxylic acids is 1. The van der Waals surface area contributed by atoms with Gasteiger partial charge in [0.05, 0.1) is 5.69 Å². The lowest BCUT2D eigenvalue weighted by Crippen LogP contribution is -2.49. The number of halogens is 2. The first kappa shape index (κ1) is 20.9. The van der Waals surface area contributed by atoms with Gasteiger partial charge in [0.1, 0.15) is 17.6 Å². The van der Waals surface area contributed by atoms with E-state index < -0.39 is 0 Å². The average molecular weight is 410 g/mol. The number of nitrogens with one attached hydrogen (secondary N) is 1. The van der Waals surface area contributed by atoms with Crippen LogP contribution < -0.4 is 5.32 Å². The summed E-state index contributed by atoms with van der Waals surface area (Å²) in [5.41, 5.74) is 1.22. The molecule has 4 heterocycles. The molecule has 144 valence electrons. The number of nitrogens with zero attached hydrogens (tertiary/aromatic N) is 6. The van der Waals surface area contributed by atoms with Gasteiger partial charge >= 0.3 is 0 Å². The highest BCUT2D eigenvalue weighted by molar-refractivity contribution is 5.93. The summed E-state index contributed by atoms with van der Waals surface area (Å²) in [6, 6.07) is 5.33. The fourth-order valence-electron chi connectivity index (χ4n) is 3.12. The fourth-order valence-corrected chi connectivity index (χ4v) is 3.12. The first-order chi connectivity index (χ1) is 12.2. The molecule has 0 aliphatic carbocycles. The summed E-state index contributed by atoms with van der Waals surface area (Å²) in [4.78, 5) is 23.6. The number of hydrogen-bond donors (Lipinski definition) is 1. The molecule has 1 amide bonds. The number of pyridine rings is 1. The third kappa shape index (κ3) is 4.13. The summed E-state index contributed by atoms with van der Waals surface area (Å²) in [7, 11) is 1.94. The van der Waals surface area contributed by atoms with Crippen molar-refractivity contribution in [2.75, 3.05) is 19.6 Å². The summed E-state index contributed by atoms with van der Waals surface area (Å²) in [6.07, 6.45) is 8.83. The lowest BCUT2D eigenvalue weighted by Gasteiger charge is -2.35. The lowest BCUT2D eigenvalue weighted by molar-refractivity contribution is 0.0614. The lowest BCUT2D eigenvalue weighted by atomic mass is 10.1. The third-order valence-electron chi connectivity index (χ3n) is 4.39. The second kappa shape index (κ2) is 8.98. The van der Waals surface area contributed by atoms with Gasteiger partial charge in [0.2, 0.25) is 0 Å². The van der Waals surface area contributed by atoms with Crippen molar-refractivity contribution in [1.82, 2.24) is 34.5 Å². The van der Waals surface area contributed by atoms with Gasteiger partial charge in [-0.15, -0.1) is 24.8 Å². The molecule has 1 saturated heterocycles. The molecule has 0 saturated carbocycles. The van der Waals surface area contributed by atoms with Crippen LogP contribution in [0.15, 0.2) is 49.2 Å². The van der Waals surface area contributed by atoms with Gasteiger partial charge < -0.3 is 14.8 Å². The SMILES string of the molecule is Cl.Cl.Cn1ccnc1C1CNCCN1C(=O)c1cc(-n2cccn2)ccn1. The zero-order valence-electron chi connectivity index (χ0n) is 14.7. The molecule has 3 aromatic rings. The van der Waals surface area contributed by atoms with Crippen LogP contribution in [0.3, 0.4) is 0 Å². The minimum atomic E-state index is -0.114. The molecule has 4 rings (SSSR count). The number of aromatic nitrogens is 5. The van der Waals surface area contributed by atoms with Gasteiger partial charge in [-0.2, -0.15) is 5.10 Å². The molecule has 0 bridgehead atoms. The molecule has 1 fully saturated rings. The molecule has 1 aliphatic rings. The highest BCUT2D eigenvalue weighted by Gasteiger charge is 2.31. The van der Waals surface area contributed by atoms with Gasteiger partial charge in [0, 0.05) is 57.7 Å². The number of aryl methyl sites for hydroxylation is 1. The molecule has 0 radical (unpaired) electrons. The van der Waals surface area contributed by atoms with E-state index in [1.54, 1.807) is 29.3 Å². The summed E-state index contributed by atoms with van der Waals surface area (Å²) < 4.78 is 3.66. The van der Waals surface area contributed by atoms with Crippen LogP contribution in [0, 0.1) is 0 Å². The van der Waals surface area contributed by atoms with Crippen LogP contribution in [0.2, 0.25) is 0 Å². The van der Waals surface area contributed by atoms with E-state index in [1.807, 2.05) is 41.0 Å². The fraction of sp³-hybridized carbons (Fsp3) is 0.294. The Morgan fingerprint density at radius 3 is 2.74 bits per heavy atom. The average Bonchev–Trinajstić information content (AvgIpc) is 3.33. The minimum Gasteiger partial charge on any atom is -0.336 e. The predicted octanol–water partition coefficient (Wildman–Crippen LogP) is 1.63. The standard InChI is InChI=1S/C17H19N7O.2ClH/c1-22-9-7-20-16(22)15-12-18-6-10-23(15)17(25)14-11-13(3-5-19-14)24-8-2-4-21-24;;/h2-5,7-9,11,15,18H,6,10,12H2,1H3;2*1H. The second-order valence-electron chi connectivity index (χ2n) is 5.96. The quantitative estimate of drug-likeness (QED) is 0.710. The highest BCUT2D eigenvalue weighted by Crippen LogP contribution is 2.22. The van der Waals surface area contributed by atoms with Crippen LogP contribution in [0.1, 0.15) is 22.4 Å². The monoisotopic (exact) mass is 409 g/mol. The molecule has 8 nitrogen and oxygen atoms in total. The van der Waals surface area contributed by atoms with E-state index >= 15 is 0 Å². The smallest absolute Gasteiger partial charge is 0.273 e. The Balaban J connectivity index is 0.00000131. The number of amides is 1. The number of carbonyl (C=O) groups is 1. The van der Waals surface area contributed by atoms with Crippen LogP contribution in [-0.2, 0) is 7.05 Å². The minimum absolute atomic E-state index is 0. The first-order valence-corrected chi connectivity index (χ1v) is 8.19. The Hall–Kier alpha value is -2.42. The Morgan fingerprint density at radius 2 is 2.04 bits per heavy atom. The van der Waals surface area contributed by atoms with Gasteiger partial charge in [-0.3, -0.25) is 9.78 Å². The van der Waals surface area contributed by atoms with Crippen LogP contribution in [-0.4, -0.2) is 54.8 Å². The number of hydrogen-bond acceptors (Lipinski definition) is 5. The number of rotatable bonds is 3. The van der Waals surface area contributed by atoms with Gasteiger partial charge in [0.15, 0.2) is 0 Å². The van der Waals surface area contributed by atoms with Crippen molar-refractivity contribution in [2.24, 2.45) is 7.05 Å². The summed E-state index contributed by atoms with van der Waals surface area (Å²) >= 11 is 0. The van der Waals surface area contributed by atoms with Crippen molar-refractivity contribution >= 4 is 30.7 Å². The van der Waals surface area contributed by atoms with Gasteiger partial charge in [-0.05, 0) is 18.2 Å².